The monoisotopic (exact) mass is 341 g/mol. The highest BCUT2D eigenvalue weighted by atomic mass is 35.5. The van der Waals surface area contributed by atoms with Crippen LogP contribution in [0, 0.1) is 0 Å². The average molecular weight is 342 g/mol. The van der Waals surface area contributed by atoms with Crippen molar-refractivity contribution in [3.05, 3.63) is 21.3 Å². The highest BCUT2D eigenvalue weighted by molar-refractivity contribution is 7.17. The Kier molecular flexibility index (Phi) is 4.03. The summed E-state index contributed by atoms with van der Waals surface area (Å²) in [5.41, 5.74) is 7.19. The van der Waals surface area contributed by atoms with Crippen LogP contribution in [0.4, 0.5) is 5.13 Å². The molecule has 0 amide bonds. The molecule has 1 fully saturated rings. The van der Waals surface area contributed by atoms with E-state index >= 15 is 0 Å². The van der Waals surface area contributed by atoms with Gasteiger partial charge in [-0.05, 0) is 46.2 Å². The molecule has 3 rings (SSSR count). The Bertz CT molecular complexity index is 642. The van der Waals surface area contributed by atoms with E-state index in [0.29, 0.717) is 11.2 Å². The van der Waals surface area contributed by atoms with Crippen molar-refractivity contribution in [1.29, 1.82) is 0 Å². The van der Waals surface area contributed by atoms with Gasteiger partial charge in [-0.25, -0.2) is 4.98 Å². The molecule has 1 aliphatic heterocycles. The second-order valence-corrected chi connectivity index (χ2v) is 8.83. The third-order valence-electron chi connectivity index (χ3n) is 3.89. The summed E-state index contributed by atoms with van der Waals surface area (Å²) in [6.07, 6.45) is 2.40. The molecule has 3 heterocycles. The zero-order valence-corrected chi connectivity index (χ0v) is 14.9. The first kappa shape index (κ1) is 15.3. The molecule has 1 saturated heterocycles. The lowest BCUT2D eigenvalue weighted by Crippen LogP contribution is -2.40. The molecular weight excluding hydrogens is 322 g/mol. The van der Waals surface area contributed by atoms with Gasteiger partial charge in [0.2, 0.25) is 0 Å². The first-order valence-corrected chi connectivity index (χ1v) is 9.21. The number of hydrogen-bond donors (Lipinski definition) is 1. The maximum Gasteiger partial charge on any atom is 0.180 e. The second-order valence-electron chi connectivity index (χ2n) is 6.42. The van der Waals surface area contributed by atoms with Crippen molar-refractivity contribution >= 4 is 39.4 Å². The Morgan fingerprint density at radius 1 is 1.43 bits per heavy atom. The summed E-state index contributed by atoms with van der Waals surface area (Å²) in [5.74, 6) is 0. The number of anilines is 1. The molecule has 2 aromatic rings. The standard InChI is InChI=1S/C15H20ClN3S2/c1-15(2,3)19-6-4-5-10(19)13-12(18-14(17)21-13)11-7-9(16)8-20-11/h7-8,10H,4-6H2,1-3H3,(H2,17,18). The van der Waals surface area contributed by atoms with Crippen molar-refractivity contribution in [3.63, 3.8) is 0 Å². The van der Waals surface area contributed by atoms with E-state index in [0.717, 1.165) is 22.1 Å². The van der Waals surface area contributed by atoms with Crippen LogP contribution in [0.1, 0.15) is 44.5 Å². The first-order valence-electron chi connectivity index (χ1n) is 7.13. The molecule has 0 aliphatic carbocycles. The number of rotatable bonds is 2. The number of nitrogens with two attached hydrogens (primary N) is 1. The summed E-state index contributed by atoms with van der Waals surface area (Å²) in [4.78, 5) is 9.55. The molecule has 1 atom stereocenters. The summed E-state index contributed by atoms with van der Waals surface area (Å²) < 4.78 is 0. The van der Waals surface area contributed by atoms with Crippen LogP contribution < -0.4 is 5.73 Å². The topological polar surface area (TPSA) is 42.1 Å². The predicted molar refractivity (Wildman–Crippen MR) is 93.3 cm³/mol. The van der Waals surface area contributed by atoms with Gasteiger partial charge in [-0.2, -0.15) is 0 Å². The smallest absolute Gasteiger partial charge is 0.180 e. The van der Waals surface area contributed by atoms with E-state index in [2.05, 4.69) is 30.7 Å². The molecule has 3 nitrogen and oxygen atoms in total. The van der Waals surface area contributed by atoms with Crippen molar-refractivity contribution in [1.82, 2.24) is 9.88 Å². The predicted octanol–water partition coefficient (Wildman–Crippen LogP) is 5.04. The minimum absolute atomic E-state index is 0.157. The van der Waals surface area contributed by atoms with Crippen LogP contribution in [0.3, 0.4) is 0 Å². The molecule has 0 radical (unpaired) electrons. The molecule has 1 aliphatic rings. The van der Waals surface area contributed by atoms with Crippen LogP contribution in [0.15, 0.2) is 11.4 Å². The number of thiazole rings is 1. The van der Waals surface area contributed by atoms with Crippen molar-refractivity contribution in [2.75, 3.05) is 12.3 Å². The van der Waals surface area contributed by atoms with Crippen LogP contribution in [0.5, 0.6) is 0 Å². The molecule has 0 aromatic carbocycles. The summed E-state index contributed by atoms with van der Waals surface area (Å²) >= 11 is 9.33. The van der Waals surface area contributed by atoms with E-state index in [1.807, 2.05) is 11.4 Å². The van der Waals surface area contributed by atoms with Crippen LogP contribution in [-0.4, -0.2) is 22.0 Å². The second kappa shape index (κ2) is 5.54. The zero-order chi connectivity index (χ0) is 15.2. The van der Waals surface area contributed by atoms with Crippen LogP contribution in [-0.2, 0) is 0 Å². The third kappa shape index (κ3) is 2.97. The maximum absolute atomic E-state index is 6.07. The molecule has 2 aromatic heterocycles. The van der Waals surface area contributed by atoms with Crippen LogP contribution in [0.25, 0.3) is 10.6 Å². The number of aromatic nitrogens is 1. The van der Waals surface area contributed by atoms with Gasteiger partial charge in [0.05, 0.1) is 20.5 Å². The van der Waals surface area contributed by atoms with Gasteiger partial charge in [-0.3, -0.25) is 4.90 Å². The number of thiophene rings is 1. The molecule has 21 heavy (non-hydrogen) atoms. The van der Waals surface area contributed by atoms with Gasteiger partial charge >= 0.3 is 0 Å². The summed E-state index contributed by atoms with van der Waals surface area (Å²) in [5, 5.41) is 3.36. The lowest BCUT2D eigenvalue weighted by Gasteiger charge is -2.36. The fourth-order valence-electron chi connectivity index (χ4n) is 3.03. The van der Waals surface area contributed by atoms with Crippen LogP contribution >= 0.6 is 34.3 Å². The van der Waals surface area contributed by atoms with Gasteiger partial charge in [0.15, 0.2) is 5.13 Å². The zero-order valence-electron chi connectivity index (χ0n) is 12.5. The normalized spacial score (nSPS) is 20.3. The van der Waals surface area contributed by atoms with E-state index < -0.39 is 0 Å². The Morgan fingerprint density at radius 2 is 2.19 bits per heavy atom. The van der Waals surface area contributed by atoms with Gasteiger partial charge in [-0.15, -0.1) is 11.3 Å². The molecule has 0 bridgehead atoms. The number of nitrogens with zero attached hydrogens (tertiary/aromatic N) is 2. The van der Waals surface area contributed by atoms with Crippen molar-refractivity contribution in [2.45, 2.75) is 45.2 Å². The third-order valence-corrected chi connectivity index (χ3v) is 6.16. The first-order chi connectivity index (χ1) is 9.86. The van der Waals surface area contributed by atoms with E-state index in [1.54, 1.807) is 22.7 Å². The molecular formula is C15H20ClN3S2. The number of likely N-dealkylation sites (tertiary alicyclic amines) is 1. The highest BCUT2D eigenvalue weighted by Gasteiger charge is 2.36. The van der Waals surface area contributed by atoms with Crippen molar-refractivity contribution in [3.8, 4) is 10.6 Å². The van der Waals surface area contributed by atoms with Crippen LogP contribution in [0.2, 0.25) is 5.02 Å². The van der Waals surface area contributed by atoms with Crippen molar-refractivity contribution < 1.29 is 0 Å². The molecule has 2 N–H and O–H groups in total. The highest BCUT2D eigenvalue weighted by Crippen LogP contribution is 2.45. The average Bonchev–Trinajstić information content (AvgIpc) is 3.05. The lowest BCUT2D eigenvalue weighted by molar-refractivity contribution is 0.123. The Hall–Kier alpha value is -0.620. The Labute approximate surface area is 138 Å². The minimum Gasteiger partial charge on any atom is -0.375 e. The minimum atomic E-state index is 0.157. The molecule has 6 heteroatoms. The van der Waals surface area contributed by atoms with Gasteiger partial charge in [-0.1, -0.05) is 22.9 Å². The van der Waals surface area contributed by atoms with Gasteiger partial charge in [0, 0.05) is 17.0 Å². The fraction of sp³-hybridized carbons (Fsp3) is 0.533. The quantitative estimate of drug-likeness (QED) is 0.831. The van der Waals surface area contributed by atoms with Gasteiger partial charge < -0.3 is 5.73 Å². The van der Waals surface area contributed by atoms with E-state index in [1.165, 1.54) is 17.7 Å². The fourth-order valence-corrected chi connectivity index (χ4v) is 5.17. The molecule has 0 saturated carbocycles. The largest absolute Gasteiger partial charge is 0.375 e. The van der Waals surface area contributed by atoms with E-state index in [-0.39, 0.29) is 5.54 Å². The SMILES string of the molecule is CC(C)(C)N1CCCC1c1sc(N)nc1-c1cc(Cl)cs1. The molecule has 0 spiro atoms. The molecule has 114 valence electrons. The summed E-state index contributed by atoms with van der Waals surface area (Å²) in [6, 6.07) is 2.40. The number of hydrogen-bond acceptors (Lipinski definition) is 5. The Balaban J connectivity index is 2.03. The maximum atomic E-state index is 6.07. The van der Waals surface area contributed by atoms with E-state index in [9.17, 15) is 0 Å². The van der Waals surface area contributed by atoms with E-state index in [4.69, 9.17) is 17.3 Å². The Morgan fingerprint density at radius 3 is 2.81 bits per heavy atom. The summed E-state index contributed by atoms with van der Waals surface area (Å²) in [6.45, 7) is 7.96. The number of nitrogen functional groups attached to an aromatic ring is 1. The van der Waals surface area contributed by atoms with Gasteiger partial charge in [0.1, 0.15) is 0 Å². The van der Waals surface area contributed by atoms with Crippen molar-refractivity contribution in [2.24, 2.45) is 0 Å². The van der Waals surface area contributed by atoms with Gasteiger partial charge in [0.25, 0.3) is 0 Å². The lowest BCUT2D eigenvalue weighted by atomic mass is 10.0. The number of halogens is 1. The molecule has 1 unspecified atom stereocenters. The summed E-state index contributed by atoms with van der Waals surface area (Å²) in [7, 11) is 0.